The maximum absolute atomic E-state index is 13.3. The number of carbonyl (C=O) groups excluding carboxylic acids is 3. The Morgan fingerprint density at radius 3 is 2.31 bits per heavy atom. The Morgan fingerprint density at radius 2 is 1.75 bits per heavy atom. The third kappa shape index (κ3) is 2.57. The topological polar surface area (TPSA) is 182 Å². The van der Waals surface area contributed by atoms with Crippen LogP contribution in [-0.2, 0) is 9.59 Å². The molecule has 0 aromatic heterocycles. The highest BCUT2D eigenvalue weighted by Gasteiger charge is 2.69. The maximum atomic E-state index is 13.3. The van der Waals surface area contributed by atoms with Crippen molar-refractivity contribution in [1.29, 1.82) is 0 Å². The molecule has 8 atom stereocenters. The van der Waals surface area contributed by atoms with Crippen LogP contribution < -0.4 is 5.73 Å². The van der Waals surface area contributed by atoms with Crippen molar-refractivity contribution in [1.82, 2.24) is 4.90 Å². The molecule has 0 spiro atoms. The van der Waals surface area contributed by atoms with Crippen LogP contribution in [-0.4, -0.2) is 85.9 Å². The number of carbonyl (C=O) groups is 3. The van der Waals surface area contributed by atoms with E-state index in [1.165, 1.54) is 25.1 Å². The number of aromatic hydroxyl groups is 1. The van der Waals surface area contributed by atoms with E-state index in [2.05, 4.69) is 0 Å². The van der Waals surface area contributed by atoms with E-state index in [4.69, 9.17) is 5.73 Å². The van der Waals surface area contributed by atoms with Crippen molar-refractivity contribution in [2.45, 2.75) is 36.7 Å². The molecule has 10 nitrogen and oxygen atoms in total. The van der Waals surface area contributed by atoms with Gasteiger partial charge in [-0.3, -0.25) is 14.4 Å². The molecule has 2 unspecified atom stereocenters. The zero-order valence-electron chi connectivity index (χ0n) is 17.8. The third-order valence-electron chi connectivity index (χ3n) is 7.36. The van der Waals surface area contributed by atoms with Crippen LogP contribution in [0.2, 0.25) is 0 Å². The molecule has 7 N–H and O–H groups in total. The summed E-state index contributed by atoms with van der Waals surface area (Å²) in [6, 6.07) is 3.31. The molecule has 10 heteroatoms. The normalized spacial score (nSPS) is 38.9. The lowest BCUT2D eigenvalue weighted by atomic mass is 9.53. The molecule has 0 bridgehead atoms. The lowest BCUT2D eigenvalue weighted by Gasteiger charge is -2.56. The monoisotopic (exact) mass is 446 g/mol. The molecule has 1 aromatic rings. The highest BCUT2D eigenvalue weighted by molar-refractivity contribution is 6.15. The molecule has 172 valence electrons. The third-order valence-corrected chi connectivity index (χ3v) is 7.36. The Balaban J connectivity index is 2.03. The number of Topliss-reactive ketones (excluding diaryl/α,β-unsaturated/α-hetero) is 2. The predicted molar refractivity (Wildman–Crippen MR) is 110 cm³/mol. The largest absolute Gasteiger partial charge is 0.508 e. The Morgan fingerprint density at radius 1 is 1.12 bits per heavy atom. The highest BCUT2D eigenvalue weighted by Crippen LogP contribution is 2.55. The predicted octanol–water partition coefficient (Wildman–Crippen LogP) is -1.18. The average Bonchev–Trinajstić information content (AvgIpc) is 2.70. The molecule has 3 aliphatic rings. The highest BCUT2D eigenvalue weighted by atomic mass is 16.4. The zero-order valence-corrected chi connectivity index (χ0v) is 17.8. The SMILES string of the molecule is C[C@H]1c2cccc(O)c2C(=O)C2=C(O)[C@]3(O)C(=O)C(C(N)=O)C(O)[C@@H](N(C)C)[C@@H]3[C@@H](O)[C@@H]21. The number of phenolic OH excluding ortho intramolecular Hbond substituents is 1. The van der Waals surface area contributed by atoms with Gasteiger partial charge in [0.1, 0.15) is 17.4 Å². The number of aliphatic hydroxyl groups excluding tert-OH is 3. The molecular weight excluding hydrogens is 420 g/mol. The van der Waals surface area contributed by atoms with E-state index < -0.39 is 76.3 Å². The van der Waals surface area contributed by atoms with Crippen LogP contribution in [0.15, 0.2) is 29.5 Å². The number of ketones is 2. The summed E-state index contributed by atoms with van der Waals surface area (Å²) in [5.74, 6) is -9.60. The lowest BCUT2D eigenvalue weighted by molar-refractivity contribution is -0.194. The van der Waals surface area contributed by atoms with Gasteiger partial charge in [0.15, 0.2) is 17.2 Å². The van der Waals surface area contributed by atoms with Crippen LogP contribution in [0.3, 0.4) is 0 Å². The summed E-state index contributed by atoms with van der Waals surface area (Å²) in [6.07, 6.45) is -3.21. The second kappa shape index (κ2) is 7.11. The number of primary amides is 1. The first-order chi connectivity index (χ1) is 14.9. The number of likely N-dealkylation sites (N-methyl/N-ethyl adjacent to an activating group) is 1. The molecule has 1 amide bonds. The van der Waals surface area contributed by atoms with Crippen molar-refractivity contribution < 1.29 is 39.9 Å². The number of phenols is 1. The number of hydrogen-bond donors (Lipinski definition) is 6. The molecular formula is C22H26N2O8. The van der Waals surface area contributed by atoms with E-state index in [9.17, 15) is 39.9 Å². The van der Waals surface area contributed by atoms with Crippen LogP contribution in [0, 0.1) is 17.8 Å². The number of amides is 1. The van der Waals surface area contributed by atoms with E-state index in [1.54, 1.807) is 19.1 Å². The number of nitrogens with zero attached hydrogens (tertiary/aromatic N) is 1. The van der Waals surface area contributed by atoms with Crippen molar-refractivity contribution >= 4 is 17.5 Å². The van der Waals surface area contributed by atoms with Crippen LogP contribution in [0.5, 0.6) is 5.75 Å². The average molecular weight is 446 g/mol. The minimum atomic E-state index is -2.84. The second-order valence-electron chi connectivity index (χ2n) is 9.12. The van der Waals surface area contributed by atoms with Crippen LogP contribution >= 0.6 is 0 Å². The van der Waals surface area contributed by atoms with Gasteiger partial charge in [0.05, 0.1) is 17.8 Å². The standard InChI is InChI=1S/C22H26N2O8/c1-7-8-5-4-6-9(25)11(8)16(26)12-10(7)17(27)14-15(24(2)3)18(28)13(21(23)31)20(30)22(14,32)19(12)29/h4-7,10,13-15,17-18,25,27-29,32H,1-3H3,(H2,23,31)/t7-,10+,13?,14+,15-,17-,18?,22-/m0/s1. The summed E-state index contributed by atoms with van der Waals surface area (Å²) >= 11 is 0. The van der Waals surface area contributed by atoms with Gasteiger partial charge in [-0.05, 0) is 31.6 Å². The summed E-state index contributed by atoms with van der Waals surface area (Å²) in [6.45, 7) is 1.69. The van der Waals surface area contributed by atoms with E-state index in [-0.39, 0.29) is 11.3 Å². The number of benzene rings is 1. The van der Waals surface area contributed by atoms with E-state index >= 15 is 0 Å². The minimum Gasteiger partial charge on any atom is -0.508 e. The molecule has 32 heavy (non-hydrogen) atoms. The molecule has 0 radical (unpaired) electrons. The first-order valence-electron chi connectivity index (χ1n) is 10.3. The number of hydrogen-bond acceptors (Lipinski definition) is 9. The fraction of sp³-hybridized carbons (Fsp3) is 0.500. The molecule has 3 aliphatic carbocycles. The van der Waals surface area contributed by atoms with Gasteiger partial charge in [-0.1, -0.05) is 19.1 Å². The summed E-state index contributed by atoms with van der Waals surface area (Å²) in [7, 11) is 3.04. The number of aliphatic hydroxyl groups is 4. The van der Waals surface area contributed by atoms with Crippen molar-refractivity contribution in [3.8, 4) is 5.75 Å². The van der Waals surface area contributed by atoms with Crippen LogP contribution in [0.4, 0.5) is 0 Å². The van der Waals surface area contributed by atoms with Gasteiger partial charge in [-0.2, -0.15) is 0 Å². The van der Waals surface area contributed by atoms with Gasteiger partial charge < -0.3 is 36.2 Å². The Kier molecular flexibility index (Phi) is 4.98. The molecule has 4 rings (SSSR count). The van der Waals surface area contributed by atoms with Gasteiger partial charge in [0, 0.05) is 23.5 Å². The van der Waals surface area contributed by atoms with Gasteiger partial charge in [-0.15, -0.1) is 0 Å². The Bertz CT molecular complexity index is 1070. The smallest absolute Gasteiger partial charge is 0.230 e. The van der Waals surface area contributed by atoms with Crippen LogP contribution in [0.1, 0.15) is 28.8 Å². The first kappa shape index (κ1) is 22.4. The quantitative estimate of drug-likeness (QED) is 0.305. The molecule has 0 saturated heterocycles. The van der Waals surface area contributed by atoms with Crippen molar-refractivity contribution in [2.75, 3.05) is 14.1 Å². The fourth-order valence-corrected chi connectivity index (χ4v) is 5.94. The van der Waals surface area contributed by atoms with E-state index in [1.807, 2.05) is 0 Å². The van der Waals surface area contributed by atoms with E-state index in [0.29, 0.717) is 5.56 Å². The van der Waals surface area contributed by atoms with E-state index in [0.717, 1.165) is 0 Å². The van der Waals surface area contributed by atoms with Crippen LogP contribution in [0.25, 0.3) is 0 Å². The summed E-state index contributed by atoms with van der Waals surface area (Å²) in [5, 5.41) is 55.2. The van der Waals surface area contributed by atoms with Crippen molar-refractivity contribution in [2.24, 2.45) is 23.5 Å². The zero-order chi connectivity index (χ0) is 23.9. The van der Waals surface area contributed by atoms with Gasteiger partial charge in [0.2, 0.25) is 5.91 Å². The summed E-state index contributed by atoms with van der Waals surface area (Å²) < 4.78 is 0. The van der Waals surface area contributed by atoms with Crippen molar-refractivity contribution in [3.05, 3.63) is 40.7 Å². The minimum absolute atomic E-state index is 0.0917. The second-order valence-corrected chi connectivity index (χ2v) is 9.12. The lowest BCUT2D eigenvalue weighted by Crippen LogP contribution is -2.74. The molecule has 1 saturated carbocycles. The van der Waals surface area contributed by atoms with Crippen molar-refractivity contribution in [3.63, 3.8) is 0 Å². The molecule has 1 aromatic carbocycles. The summed E-state index contributed by atoms with van der Waals surface area (Å²) in [4.78, 5) is 40.0. The van der Waals surface area contributed by atoms with Gasteiger partial charge in [-0.25, -0.2) is 0 Å². The number of fused-ring (bicyclic) bond motifs is 3. The Labute approximate surface area is 183 Å². The molecule has 1 fully saturated rings. The Hall–Kier alpha value is -2.79. The summed E-state index contributed by atoms with van der Waals surface area (Å²) in [5.41, 5.74) is 2.44. The van der Waals surface area contributed by atoms with Gasteiger partial charge >= 0.3 is 0 Å². The molecule has 0 aliphatic heterocycles. The van der Waals surface area contributed by atoms with Gasteiger partial charge in [0.25, 0.3) is 0 Å². The first-order valence-corrected chi connectivity index (χ1v) is 10.3. The maximum Gasteiger partial charge on any atom is 0.230 e. The number of rotatable bonds is 2. The molecule has 0 heterocycles. The fourth-order valence-electron chi connectivity index (χ4n) is 5.94. The number of nitrogens with two attached hydrogens (primary N) is 1.